The van der Waals surface area contributed by atoms with Gasteiger partial charge < -0.3 is 10.6 Å². The summed E-state index contributed by atoms with van der Waals surface area (Å²) in [5, 5.41) is 0.320. The number of hydrogen-bond acceptors (Lipinski definition) is 6. The van der Waals surface area contributed by atoms with Crippen LogP contribution in [0.15, 0.2) is 72.9 Å². The van der Waals surface area contributed by atoms with Gasteiger partial charge in [0.1, 0.15) is 28.7 Å². The van der Waals surface area contributed by atoms with Crippen molar-refractivity contribution in [3.63, 3.8) is 0 Å². The summed E-state index contributed by atoms with van der Waals surface area (Å²) in [4.78, 5) is 11.3. The molecule has 3 N–H and O–H groups in total. The lowest BCUT2D eigenvalue weighted by Crippen LogP contribution is -2.16. The number of rotatable bonds is 8. The zero-order chi connectivity index (χ0) is 29.5. The molecular weight excluding hydrogens is 563 g/mol. The normalized spacial score (nSPS) is 11.8. The monoisotopic (exact) mass is 592 g/mol. The van der Waals surface area contributed by atoms with Gasteiger partial charge in [0.2, 0.25) is 10.0 Å². The van der Waals surface area contributed by atoms with Crippen molar-refractivity contribution in [3.8, 4) is 22.5 Å². The van der Waals surface area contributed by atoms with E-state index in [0.717, 1.165) is 22.8 Å². The second-order valence-corrected chi connectivity index (χ2v) is 12.4. The van der Waals surface area contributed by atoms with Crippen LogP contribution in [-0.4, -0.2) is 36.9 Å². The Morgan fingerprint density at radius 1 is 1.05 bits per heavy atom. The number of fused-ring (bicyclic) bond motifs is 1. The minimum atomic E-state index is -3.93. The molecule has 2 heterocycles. The Labute approximate surface area is 243 Å². The quantitative estimate of drug-likeness (QED) is 0.211. The van der Waals surface area contributed by atoms with E-state index < -0.39 is 21.6 Å². The Bertz CT molecular complexity index is 1850. The maximum absolute atomic E-state index is 15.4. The summed E-state index contributed by atoms with van der Waals surface area (Å²) in [5.74, 6) is -0.144. The van der Waals surface area contributed by atoms with Gasteiger partial charge in [-0.1, -0.05) is 61.8 Å². The van der Waals surface area contributed by atoms with E-state index in [-0.39, 0.29) is 17.4 Å². The number of sulfonamides is 1. The number of halogens is 2. The molecule has 0 unspecified atom stereocenters. The molecule has 0 aliphatic heterocycles. The SMILES string of the molecule is CC(C)c1nc(-c2ccc(NS(=O)(=O)Cc3ccccc3Cl)c(F)c2)c2c(N)ncc(-c3ccc(N(C)C)cc3)n12. The van der Waals surface area contributed by atoms with Crippen molar-refractivity contribution in [2.75, 3.05) is 29.5 Å². The number of nitrogens with zero attached hydrogens (tertiary/aromatic N) is 4. The highest BCUT2D eigenvalue weighted by molar-refractivity contribution is 7.91. The average Bonchev–Trinajstić information content (AvgIpc) is 3.33. The van der Waals surface area contributed by atoms with Crippen LogP contribution in [0, 0.1) is 5.82 Å². The van der Waals surface area contributed by atoms with E-state index in [1.54, 1.807) is 36.5 Å². The summed E-state index contributed by atoms with van der Waals surface area (Å²) in [5.41, 5.74) is 10.8. The summed E-state index contributed by atoms with van der Waals surface area (Å²) in [6.07, 6.45) is 1.71. The van der Waals surface area contributed by atoms with Crippen LogP contribution in [0.3, 0.4) is 0 Å². The van der Waals surface area contributed by atoms with E-state index in [1.165, 1.54) is 12.1 Å². The topological polar surface area (TPSA) is 106 Å². The lowest BCUT2D eigenvalue weighted by molar-refractivity contribution is 0.598. The van der Waals surface area contributed by atoms with Gasteiger partial charge in [0.25, 0.3) is 0 Å². The van der Waals surface area contributed by atoms with Crippen LogP contribution >= 0.6 is 11.6 Å². The van der Waals surface area contributed by atoms with Crippen molar-refractivity contribution in [2.24, 2.45) is 0 Å². The highest BCUT2D eigenvalue weighted by Gasteiger charge is 2.23. The van der Waals surface area contributed by atoms with E-state index in [0.29, 0.717) is 27.4 Å². The Morgan fingerprint density at radius 3 is 2.37 bits per heavy atom. The van der Waals surface area contributed by atoms with Crippen LogP contribution in [-0.2, 0) is 15.8 Å². The van der Waals surface area contributed by atoms with E-state index in [2.05, 4.69) is 9.71 Å². The largest absolute Gasteiger partial charge is 0.382 e. The number of anilines is 3. The van der Waals surface area contributed by atoms with Gasteiger partial charge in [-0.25, -0.2) is 22.8 Å². The van der Waals surface area contributed by atoms with Crippen LogP contribution in [0.5, 0.6) is 0 Å². The standard InChI is InChI=1S/C30H30ClFN6O2S/c1-18(2)30-35-27(28-29(33)34-16-26(38(28)30)19-9-12-22(13-10-19)37(3)4)20-11-14-25(24(32)15-20)36-41(39,40)17-21-7-5-6-8-23(21)31/h5-16,18,36H,17H2,1-4H3,(H2,33,34). The lowest BCUT2D eigenvalue weighted by Gasteiger charge is -2.15. The van der Waals surface area contributed by atoms with Gasteiger partial charge in [0, 0.05) is 41.9 Å². The zero-order valence-electron chi connectivity index (χ0n) is 23.1. The second-order valence-electron chi connectivity index (χ2n) is 10.3. The van der Waals surface area contributed by atoms with Gasteiger partial charge in [0.15, 0.2) is 0 Å². The molecule has 11 heteroatoms. The van der Waals surface area contributed by atoms with Gasteiger partial charge in [0.05, 0.1) is 23.3 Å². The van der Waals surface area contributed by atoms with E-state index in [4.69, 9.17) is 22.3 Å². The fourth-order valence-electron chi connectivity index (χ4n) is 4.66. The number of benzene rings is 3. The second kappa shape index (κ2) is 11.0. The van der Waals surface area contributed by atoms with Crippen molar-refractivity contribution in [1.82, 2.24) is 14.4 Å². The molecule has 41 heavy (non-hydrogen) atoms. The Morgan fingerprint density at radius 2 is 1.73 bits per heavy atom. The summed E-state index contributed by atoms with van der Waals surface area (Å²) >= 11 is 6.11. The smallest absolute Gasteiger partial charge is 0.237 e. The Kier molecular flexibility index (Phi) is 7.63. The molecule has 0 saturated carbocycles. The van der Waals surface area contributed by atoms with Crippen LogP contribution in [0.1, 0.15) is 31.2 Å². The number of nitrogens with two attached hydrogens (primary N) is 1. The number of nitrogen functional groups attached to an aromatic ring is 1. The minimum absolute atomic E-state index is 0.0126. The van der Waals surface area contributed by atoms with Crippen molar-refractivity contribution in [2.45, 2.75) is 25.5 Å². The van der Waals surface area contributed by atoms with Crippen LogP contribution < -0.4 is 15.4 Å². The maximum atomic E-state index is 15.4. The molecule has 8 nitrogen and oxygen atoms in total. The molecule has 5 aromatic rings. The molecule has 5 rings (SSSR count). The fourth-order valence-corrected chi connectivity index (χ4v) is 6.17. The molecule has 0 aliphatic rings. The molecule has 212 valence electrons. The third-order valence-electron chi connectivity index (χ3n) is 6.72. The van der Waals surface area contributed by atoms with E-state index >= 15 is 4.39 Å². The first kappa shape index (κ1) is 28.4. The highest BCUT2D eigenvalue weighted by atomic mass is 35.5. The number of nitrogens with one attached hydrogen (secondary N) is 1. The molecule has 0 amide bonds. The summed E-state index contributed by atoms with van der Waals surface area (Å²) in [6, 6.07) is 18.9. The van der Waals surface area contributed by atoms with Crippen molar-refractivity contribution < 1.29 is 12.8 Å². The molecule has 0 atom stereocenters. The van der Waals surface area contributed by atoms with E-state index in [1.807, 2.05) is 61.5 Å². The number of hydrogen-bond donors (Lipinski definition) is 2. The fraction of sp³-hybridized carbons (Fsp3) is 0.200. The number of aromatic nitrogens is 3. The molecule has 0 radical (unpaired) electrons. The Balaban J connectivity index is 1.56. The summed E-state index contributed by atoms with van der Waals surface area (Å²) < 4.78 is 45.2. The molecule has 2 aromatic heterocycles. The van der Waals surface area contributed by atoms with Crippen molar-refractivity contribution in [3.05, 3.63) is 95.2 Å². The minimum Gasteiger partial charge on any atom is -0.382 e. The molecule has 0 aliphatic carbocycles. The van der Waals surface area contributed by atoms with Crippen LogP contribution in [0.25, 0.3) is 28.0 Å². The van der Waals surface area contributed by atoms with Gasteiger partial charge in [-0.05, 0) is 35.9 Å². The summed E-state index contributed by atoms with van der Waals surface area (Å²) in [6.45, 7) is 4.04. The molecule has 0 bridgehead atoms. The predicted octanol–water partition coefficient (Wildman–Crippen LogP) is 6.57. The third-order valence-corrected chi connectivity index (χ3v) is 8.31. The first-order valence-electron chi connectivity index (χ1n) is 12.9. The van der Waals surface area contributed by atoms with E-state index in [9.17, 15) is 8.42 Å². The van der Waals surface area contributed by atoms with Crippen LogP contribution in [0.2, 0.25) is 5.02 Å². The number of imidazole rings is 1. The van der Waals surface area contributed by atoms with Crippen molar-refractivity contribution in [1.29, 1.82) is 0 Å². The van der Waals surface area contributed by atoms with Gasteiger partial charge >= 0.3 is 0 Å². The first-order chi connectivity index (χ1) is 19.4. The van der Waals surface area contributed by atoms with Gasteiger partial charge in [-0.15, -0.1) is 0 Å². The third kappa shape index (κ3) is 5.71. The molecule has 0 saturated heterocycles. The predicted molar refractivity (Wildman–Crippen MR) is 164 cm³/mol. The lowest BCUT2D eigenvalue weighted by atomic mass is 10.1. The average molecular weight is 593 g/mol. The zero-order valence-corrected chi connectivity index (χ0v) is 24.6. The molecular formula is C30H30ClFN6O2S. The molecule has 0 fully saturated rings. The van der Waals surface area contributed by atoms with Crippen LogP contribution in [0.4, 0.5) is 21.6 Å². The van der Waals surface area contributed by atoms with Crippen molar-refractivity contribution >= 4 is 44.3 Å². The molecule has 3 aromatic carbocycles. The van der Waals surface area contributed by atoms with Gasteiger partial charge in [-0.3, -0.25) is 9.12 Å². The van der Waals surface area contributed by atoms with Gasteiger partial charge in [-0.2, -0.15) is 0 Å². The Hall–Kier alpha value is -4.15. The maximum Gasteiger partial charge on any atom is 0.237 e. The summed E-state index contributed by atoms with van der Waals surface area (Å²) in [7, 11) is 0.0241. The molecule has 0 spiro atoms. The highest BCUT2D eigenvalue weighted by Crippen LogP contribution is 2.36. The first-order valence-corrected chi connectivity index (χ1v) is 15.0.